The van der Waals surface area contributed by atoms with Gasteiger partial charge in [0, 0.05) is 18.5 Å². The van der Waals surface area contributed by atoms with E-state index < -0.39 is 11.6 Å². The summed E-state index contributed by atoms with van der Waals surface area (Å²) in [5.74, 6) is -0.401. The average Bonchev–Trinajstić information content (AvgIpc) is 3.19. The molecule has 1 aliphatic carbocycles. The molecular weight excluding hydrogens is 420 g/mol. The van der Waals surface area contributed by atoms with Crippen LogP contribution in [0.3, 0.4) is 0 Å². The Morgan fingerprint density at radius 2 is 1.91 bits per heavy atom. The molecule has 1 aliphatic heterocycles. The third-order valence-corrected chi connectivity index (χ3v) is 7.00. The number of ether oxygens (including phenoxy) is 1. The molecule has 2 heterocycles. The van der Waals surface area contributed by atoms with E-state index in [0.717, 1.165) is 32.1 Å². The lowest BCUT2D eigenvalue weighted by molar-refractivity contribution is -0.890. The normalized spacial score (nSPS) is 25.2. The highest BCUT2D eigenvalue weighted by Crippen LogP contribution is 2.41. The Balaban J connectivity index is 1.41. The van der Waals surface area contributed by atoms with E-state index in [1.807, 2.05) is 37.4 Å². The van der Waals surface area contributed by atoms with E-state index >= 15 is 0 Å². The van der Waals surface area contributed by atoms with E-state index in [1.54, 1.807) is 12.3 Å². The number of carbonyl (C=O) groups is 2. The third-order valence-electron chi connectivity index (χ3n) is 7.00. The molecule has 1 saturated carbocycles. The molecule has 8 heteroatoms. The number of hydrogen-bond acceptors (Lipinski definition) is 6. The molecule has 176 valence electrons. The van der Waals surface area contributed by atoms with Crippen molar-refractivity contribution >= 4 is 17.7 Å². The minimum absolute atomic E-state index is 0.147. The summed E-state index contributed by atoms with van der Waals surface area (Å²) in [6.45, 7) is 1.49. The van der Waals surface area contributed by atoms with E-state index in [4.69, 9.17) is 4.74 Å². The van der Waals surface area contributed by atoms with Gasteiger partial charge >= 0.3 is 5.97 Å². The summed E-state index contributed by atoms with van der Waals surface area (Å²) in [5, 5.41) is 14.5. The largest absolute Gasteiger partial charge is 0.454 e. The van der Waals surface area contributed by atoms with Crippen molar-refractivity contribution in [2.75, 3.05) is 32.0 Å². The lowest BCUT2D eigenvalue weighted by Gasteiger charge is -2.37. The Morgan fingerprint density at radius 3 is 2.61 bits per heavy atom. The molecule has 1 saturated heterocycles. The fourth-order valence-corrected chi connectivity index (χ4v) is 5.24. The third kappa shape index (κ3) is 5.39. The van der Waals surface area contributed by atoms with Gasteiger partial charge in [-0.25, -0.2) is 14.8 Å². The van der Waals surface area contributed by atoms with Gasteiger partial charge in [0.25, 0.3) is 5.91 Å². The van der Waals surface area contributed by atoms with Crippen LogP contribution in [0.4, 0.5) is 5.82 Å². The number of nitrogens with zero attached hydrogens (tertiary/aromatic N) is 3. The maximum Gasteiger partial charge on any atom is 0.343 e. The lowest BCUT2D eigenvalue weighted by Crippen LogP contribution is -2.49. The van der Waals surface area contributed by atoms with E-state index in [-0.39, 0.29) is 24.5 Å². The molecule has 2 N–H and O–H groups in total. The van der Waals surface area contributed by atoms with Crippen LogP contribution in [0.15, 0.2) is 48.9 Å². The Morgan fingerprint density at radius 1 is 1.15 bits per heavy atom. The highest BCUT2D eigenvalue weighted by atomic mass is 16.6. The summed E-state index contributed by atoms with van der Waals surface area (Å²) in [6, 6.07) is 10.8. The van der Waals surface area contributed by atoms with Crippen LogP contribution in [-0.4, -0.2) is 64.2 Å². The Bertz CT molecular complexity index is 951. The van der Waals surface area contributed by atoms with Crippen molar-refractivity contribution in [1.29, 1.82) is 0 Å². The summed E-state index contributed by atoms with van der Waals surface area (Å²) in [5.41, 5.74) is -1.04. The molecular formula is C25H33N4O4+. The number of likely N-dealkylation sites (N-methyl/N-ethyl adjacent to an activating group) is 1. The molecule has 1 amide bonds. The number of hydrogen-bond donors (Lipinski definition) is 2. The average molecular weight is 454 g/mol. The second kappa shape index (κ2) is 9.97. The molecule has 2 aromatic rings. The van der Waals surface area contributed by atoms with Crippen molar-refractivity contribution in [3.05, 3.63) is 54.5 Å². The molecule has 2 fully saturated rings. The number of rotatable bonds is 7. The molecule has 1 aromatic heterocycles. The fourth-order valence-electron chi connectivity index (χ4n) is 5.24. The minimum Gasteiger partial charge on any atom is -0.454 e. The van der Waals surface area contributed by atoms with Gasteiger partial charge in [0.05, 0.1) is 13.6 Å². The minimum atomic E-state index is -1.64. The number of quaternary nitrogens is 1. The summed E-state index contributed by atoms with van der Waals surface area (Å²) >= 11 is 0. The molecule has 4 rings (SSSR count). The van der Waals surface area contributed by atoms with Crippen molar-refractivity contribution in [2.45, 2.75) is 50.2 Å². The summed E-state index contributed by atoms with van der Waals surface area (Å²) < 4.78 is 6.38. The standard InChI is InChI=1S/C25H32N4O4/c1-29(17-23(30)28-22-12-14-26-18-27-22)15-13-21(16-29)33-24(31)25(32,19-8-4-2-5-9-19)20-10-6-3-7-11-20/h2,4-5,8-9,12,14,18,20-21,32H,3,6-7,10-11,13,15-17H2,1H3/p+1/t21-,25?,29?/m1/s1. The number of anilines is 1. The van der Waals surface area contributed by atoms with Gasteiger partial charge in [-0.1, -0.05) is 49.6 Å². The number of aliphatic hydroxyl groups is 1. The molecule has 1 aromatic carbocycles. The van der Waals surface area contributed by atoms with E-state index in [1.165, 1.54) is 6.33 Å². The van der Waals surface area contributed by atoms with Gasteiger partial charge in [-0.2, -0.15) is 0 Å². The summed E-state index contributed by atoms with van der Waals surface area (Å²) in [6.07, 6.45) is 8.03. The number of carbonyl (C=O) groups excluding carboxylic acids is 2. The summed E-state index contributed by atoms with van der Waals surface area (Å²) in [4.78, 5) is 33.8. The number of likely N-dealkylation sites (tertiary alicyclic amines) is 1. The number of nitrogens with one attached hydrogen (secondary N) is 1. The van der Waals surface area contributed by atoms with Gasteiger partial charge in [-0.3, -0.25) is 4.79 Å². The lowest BCUT2D eigenvalue weighted by atomic mass is 9.73. The van der Waals surface area contributed by atoms with Crippen LogP contribution in [0.5, 0.6) is 0 Å². The first kappa shape index (κ1) is 23.3. The van der Waals surface area contributed by atoms with Gasteiger partial charge in [-0.05, 0) is 24.5 Å². The quantitative estimate of drug-likeness (QED) is 0.494. The maximum absolute atomic E-state index is 13.4. The first-order chi connectivity index (χ1) is 15.9. The fraction of sp³-hybridized carbons (Fsp3) is 0.520. The number of aromatic nitrogens is 2. The van der Waals surface area contributed by atoms with Crippen molar-refractivity contribution in [3.63, 3.8) is 0 Å². The van der Waals surface area contributed by atoms with Crippen molar-refractivity contribution in [1.82, 2.24) is 9.97 Å². The highest BCUT2D eigenvalue weighted by Gasteiger charge is 2.49. The Kier molecular flexibility index (Phi) is 7.05. The first-order valence-electron chi connectivity index (χ1n) is 11.8. The highest BCUT2D eigenvalue weighted by molar-refractivity contribution is 5.90. The second-order valence-electron chi connectivity index (χ2n) is 9.61. The van der Waals surface area contributed by atoms with Gasteiger partial charge in [0.1, 0.15) is 18.7 Å². The smallest absolute Gasteiger partial charge is 0.343 e. The van der Waals surface area contributed by atoms with Crippen molar-refractivity contribution < 1.29 is 23.9 Å². The number of amides is 1. The molecule has 2 aliphatic rings. The SMILES string of the molecule is C[N+]1(CC(=O)Nc2ccncn2)CC[C@@H](OC(=O)C(O)(c2ccccc2)C2CCCCC2)C1. The zero-order valence-electron chi connectivity index (χ0n) is 19.2. The molecule has 8 nitrogen and oxygen atoms in total. The Hall–Kier alpha value is -2.84. The number of benzene rings is 1. The first-order valence-corrected chi connectivity index (χ1v) is 11.8. The van der Waals surface area contributed by atoms with Gasteiger partial charge in [-0.15, -0.1) is 0 Å². The van der Waals surface area contributed by atoms with E-state index in [9.17, 15) is 14.7 Å². The van der Waals surface area contributed by atoms with Crippen LogP contribution in [-0.2, 0) is 19.9 Å². The number of esters is 1. The zero-order chi connectivity index (χ0) is 23.3. The molecule has 0 radical (unpaired) electrons. The van der Waals surface area contributed by atoms with Crippen LogP contribution in [0.1, 0.15) is 44.1 Å². The van der Waals surface area contributed by atoms with Crippen LogP contribution in [0.2, 0.25) is 0 Å². The predicted octanol–water partition coefficient (Wildman–Crippen LogP) is 2.65. The Labute approximate surface area is 194 Å². The van der Waals surface area contributed by atoms with Gasteiger partial charge < -0.3 is 19.6 Å². The monoisotopic (exact) mass is 453 g/mol. The predicted molar refractivity (Wildman–Crippen MR) is 123 cm³/mol. The van der Waals surface area contributed by atoms with Crippen LogP contribution in [0, 0.1) is 5.92 Å². The van der Waals surface area contributed by atoms with Crippen LogP contribution in [0.25, 0.3) is 0 Å². The van der Waals surface area contributed by atoms with Gasteiger partial charge in [0.2, 0.25) is 0 Å². The maximum atomic E-state index is 13.4. The molecule has 33 heavy (non-hydrogen) atoms. The molecule has 0 spiro atoms. The van der Waals surface area contributed by atoms with Crippen LogP contribution < -0.4 is 5.32 Å². The second-order valence-corrected chi connectivity index (χ2v) is 9.61. The van der Waals surface area contributed by atoms with E-state index in [0.29, 0.717) is 35.4 Å². The van der Waals surface area contributed by atoms with Crippen molar-refractivity contribution in [2.24, 2.45) is 5.92 Å². The van der Waals surface area contributed by atoms with Gasteiger partial charge in [0.15, 0.2) is 18.2 Å². The van der Waals surface area contributed by atoms with Crippen molar-refractivity contribution in [3.8, 4) is 0 Å². The molecule has 2 unspecified atom stereocenters. The molecule has 3 atom stereocenters. The topological polar surface area (TPSA) is 101 Å². The zero-order valence-corrected chi connectivity index (χ0v) is 19.2. The molecule has 0 bridgehead atoms. The van der Waals surface area contributed by atoms with E-state index in [2.05, 4.69) is 15.3 Å². The summed E-state index contributed by atoms with van der Waals surface area (Å²) in [7, 11) is 1.98. The van der Waals surface area contributed by atoms with Crippen LogP contribution >= 0.6 is 0 Å².